The van der Waals surface area contributed by atoms with Gasteiger partial charge in [0.15, 0.2) is 6.10 Å². The van der Waals surface area contributed by atoms with E-state index in [1.807, 2.05) is 32.0 Å². The Hall–Kier alpha value is -4.29. The van der Waals surface area contributed by atoms with Crippen LogP contribution in [0.25, 0.3) is 0 Å². The van der Waals surface area contributed by atoms with Crippen LogP contribution in [-0.4, -0.2) is 70.1 Å². The molecule has 0 saturated heterocycles. The molecule has 0 aromatic heterocycles. The van der Waals surface area contributed by atoms with Crippen molar-refractivity contribution >= 4 is 35.3 Å². The standard InChI is InChI=1S/C32H45N5O7/c1-19(2)17-25(36-31(43)27(20(3)4)37-29(41)23(33)15-16-26(38)39)30(42)35-24(18-21-11-7-5-8-12-21)28(40)32(44)34-22-13-9-6-10-14-22/h5-14,19-20,23-25,27-28,40H,15-18,33H2,1-4H3,(H,34,44)(H,35,42)(H,36,43)(H,37,41)(H,38,39)/t23-,24-,25-,27-,28+/m0/s1. The lowest BCUT2D eigenvalue weighted by atomic mass is 9.97. The number of nitrogens with two attached hydrogens (primary N) is 1. The molecule has 0 aliphatic carbocycles. The normalized spacial score (nSPS) is 14.5. The van der Waals surface area contributed by atoms with Crippen LogP contribution >= 0.6 is 0 Å². The van der Waals surface area contributed by atoms with E-state index in [9.17, 15) is 29.1 Å². The van der Waals surface area contributed by atoms with E-state index in [1.165, 1.54) is 0 Å². The van der Waals surface area contributed by atoms with Crippen molar-refractivity contribution in [1.82, 2.24) is 16.0 Å². The second-order valence-corrected chi connectivity index (χ2v) is 11.6. The van der Waals surface area contributed by atoms with E-state index < -0.39 is 59.9 Å². The highest BCUT2D eigenvalue weighted by molar-refractivity contribution is 5.96. The Balaban J connectivity index is 2.23. The first-order valence-corrected chi connectivity index (χ1v) is 14.7. The molecular formula is C32H45N5O7. The Morgan fingerprint density at radius 2 is 1.36 bits per heavy atom. The third kappa shape index (κ3) is 12.1. The number of aliphatic hydroxyl groups is 1. The first kappa shape index (κ1) is 35.9. The summed E-state index contributed by atoms with van der Waals surface area (Å²) in [6, 6.07) is 13.4. The molecule has 0 spiro atoms. The fourth-order valence-corrected chi connectivity index (χ4v) is 4.48. The molecule has 0 aliphatic rings. The number of benzene rings is 2. The molecule has 2 aromatic rings. The van der Waals surface area contributed by atoms with Gasteiger partial charge in [-0.25, -0.2) is 0 Å². The summed E-state index contributed by atoms with van der Waals surface area (Å²) in [4.78, 5) is 63.5. The van der Waals surface area contributed by atoms with Crippen molar-refractivity contribution in [1.29, 1.82) is 0 Å². The van der Waals surface area contributed by atoms with Crippen molar-refractivity contribution in [2.75, 3.05) is 5.32 Å². The zero-order valence-corrected chi connectivity index (χ0v) is 25.7. The molecule has 0 heterocycles. The molecule has 0 radical (unpaired) electrons. The number of carbonyl (C=O) groups is 5. The van der Waals surface area contributed by atoms with Crippen LogP contribution in [0.4, 0.5) is 5.69 Å². The van der Waals surface area contributed by atoms with E-state index in [0.717, 1.165) is 5.56 Å². The molecule has 12 nitrogen and oxygen atoms in total. The number of carboxylic acids is 1. The molecule has 0 unspecified atom stereocenters. The summed E-state index contributed by atoms with van der Waals surface area (Å²) in [5, 5.41) is 30.7. The van der Waals surface area contributed by atoms with Crippen LogP contribution in [0.2, 0.25) is 0 Å². The van der Waals surface area contributed by atoms with Gasteiger partial charge < -0.3 is 37.2 Å². The first-order chi connectivity index (χ1) is 20.8. The average Bonchev–Trinajstić information content (AvgIpc) is 2.97. The third-order valence-corrected chi connectivity index (χ3v) is 6.91. The smallest absolute Gasteiger partial charge is 0.303 e. The Morgan fingerprint density at radius 1 is 0.773 bits per heavy atom. The van der Waals surface area contributed by atoms with E-state index in [-0.39, 0.29) is 37.5 Å². The number of nitrogens with one attached hydrogen (secondary N) is 4. The van der Waals surface area contributed by atoms with E-state index in [2.05, 4.69) is 21.3 Å². The number of hydrogen-bond acceptors (Lipinski definition) is 7. The summed E-state index contributed by atoms with van der Waals surface area (Å²) in [6.45, 7) is 7.17. The highest BCUT2D eigenvalue weighted by atomic mass is 16.4. The van der Waals surface area contributed by atoms with E-state index >= 15 is 0 Å². The maximum atomic E-state index is 13.6. The van der Waals surface area contributed by atoms with Gasteiger partial charge in [0.1, 0.15) is 12.1 Å². The summed E-state index contributed by atoms with van der Waals surface area (Å²) in [6.07, 6.45) is -1.65. The van der Waals surface area contributed by atoms with Crippen molar-refractivity contribution in [2.45, 2.75) is 83.6 Å². The second-order valence-electron chi connectivity index (χ2n) is 11.6. The Labute approximate surface area is 258 Å². The zero-order chi connectivity index (χ0) is 32.8. The zero-order valence-electron chi connectivity index (χ0n) is 25.7. The number of carbonyl (C=O) groups excluding carboxylic acids is 4. The molecule has 44 heavy (non-hydrogen) atoms. The Kier molecular flexibility index (Phi) is 14.5. The minimum Gasteiger partial charge on any atom is -0.481 e. The fraction of sp³-hybridized carbons (Fsp3) is 0.469. The highest BCUT2D eigenvalue weighted by Crippen LogP contribution is 2.13. The number of rotatable bonds is 17. The third-order valence-electron chi connectivity index (χ3n) is 6.91. The largest absolute Gasteiger partial charge is 0.481 e. The predicted octanol–water partition coefficient (Wildman–Crippen LogP) is 1.58. The summed E-state index contributed by atoms with van der Waals surface area (Å²) >= 11 is 0. The topological polar surface area (TPSA) is 200 Å². The molecule has 12 heteroatoms. The van der Waals surface area contributed by atoms with Gasteiger partial charge in [-0.1, -0.05) is 76.2 Å². The van der Waals surface area contributed by atoms with Crippen LogP contribution in [0.15, 0.2) is 60.7 Å². The molecular weight excluding hydrogens is 566 g/mol. The van der Waals surface area contributed by atoms with E-state index in [0.29, 0.717) is 5.69 Å². The molecule has 0 saturated carbocycles. The number of hydrogen-bond donors (Lipinski definition) is 7. The lowest BCUT2D eigenvalue weighted by molar-refractivity contribution is -0.137. The van der Waals surface area contributed by atoms with Crippen LogP contribution in [0.1, 0.15) is 52.5 Å². The molecule has 2 rings (SSSR count). The number of amides is 4. The summed E-state index contributed by atoms with van der Waals surface area (Å²) in [5.74, 6) is -4.12. The quantitative estimate of drug-likeness (QED) is 0.140. The molecule has 8 N–H and O–H groups in total. The van der Waals surface area contributed by atoms with Gasteiger partial charge in [0, 0.05) is 12.1 Å². The second kappa shape index (κ2) is 17.7. The van der Waals surface area contributed by atoms with Gasteiger partial charge in [0.2, 0.25) is 17.7 Å². The van der Waals surface area contributed by atoms with E-state index in [4.69, 9.17) is 10.8 Å². The van der Waals surface area contributed by atoms with Gasteiger partial charge in [0.05, 0.1) is 12.1 Å². The number of aliphatic carboxylic acids is 1. The fourth-order valence-electron chi connectivity index (χ4n) is 4.48. The summed E-state index contributed by atoms with van der Waals surface area (Å²) in [5.41, 5.74) is 7.08. The van der Waals surface area contributed by atoms with Gasteiger partial charge in [-0.2, -0.15) is 0 Å². The SMILES string of the molecule is CC(C)C[C@H](NC(=O)[C@@H](NC(=O)[C@@H](N)CCC(=O)O)C(C)C)C(=O)N[C@@H](Cc1ccccc1)[C@@H](O)C(=O)Nc1ccccc1. The molecule has 0 aliphatic heterocycles. The Bertz CT molecular complexity index is 1240. The summed E-state index contributed by atoms with van der Waals surface area (Å²) < 4.78 is 0. The molecule has 0 bridgehead atoms. The van der Waals surface area contributed by atoms with Crippen molar-refractivity contribution in [2.24, 2.45) is 17.6 Å². The minimum absolute atomic E-state index is 0.0264. The molecule has 2 aromatic carbocycles. The Morgan fingerprint density at radius 3 is 1.91 bits per heavy atom. The first-order valence-electron chi connectivity index (χ1n) is 14.7. The average molecular weight is 612 g/mol. The molecule has 0 fully saturated rings. The summed E-state index contributed by atoms with van der Waals surface area (Å²) in [7, 11) is 0. The van der Waals surface area contributed by atoms with E-state index in [1.54, 1.807) is 56.3 Å². The lowest BCUT2D eigenvalue weighted by Crippen LogP contribution is -2.59. The molecule has 240 valence electrons. The molecule has 5 atom stereocenters. The van der Waals surface area contributed by atoms with Crippen molar-refractivity contribution in [3.63, 3.8) is 0 Å². The van der Waals surface area contributed by atoms with Gasteiger partial charge >= 0.3 is 5.97 Å². The van der Waals surface area contributed by atoms with Crippen molar-refractivity contribution < 1.29 is 34.2 Å². The predicted molar refractivity (Wildman–Crippen MR) is 166 cm³/mol. The lowest BCUT2D eigenvalue weighted by Gasteiger charge is -2.29. The maximum absolute atomic E-state index is 13.6. The van der Waals surface area contributed by atoms with Crippen LogP contribution in [-0.2, 0) is 30.4 Å². The number of para-hydroxylation sites is 1. The van der Waals surface area contributed by atoms with Crippen LogP contribution in [0.5, 0.6) is 0 Å². The molecule has 4 amide bonds. The van der Waals surface area contributed by atoms with Crippen molar-refractivity contribution in [3.05, 3.63) is 66.2 Å². The number of carboxylic acid groups (broad SMARTS) is 1. The van der Waals surface area contributed by atoms with Crippen LogP contribution in [0.3, 0.4) is 0 Å². The van der Waals surface area contributed by atoms with Crippen LogP contribution < -0.4 is 27.0 Å². The minimum atomic E-state index is -1.62. The van der Waals surface area contributed by atoms with Crippen molar-refractivity contribution in [3.8, 4) is 0 Å². The number of anilines is 1. The van der Waals surface area contributed by atoms with Gasteiger partial charge in [0.25, 0.3) is 5.91 Å². The van der Waals surface area contributed by atoms with Crippen LogP contribution in [0, 0.1) is 11.8 Å². The highest BCUT2D eigenvalue weighted by Gasteiger charge is 2.34. The van der Waals surface area contributed by atoms with Gasteiger partial charge in [-0.15, -0.1) is 0 Å². The van der Waals surface area contributed by atoms with Gasteiger partial charge in [-0.05, 0) is 48.8 Å². The van der Waals surface area contributed by atoms with Gasteiger partial charge in [-0.3, -0.25) is 24.0 Å². The monoisotopic (exact) mass is 611 g/mol. The number of aliphatic hydroxyl groups excluding tert-OH is 1. The maximum Gasteiger partial charge on any atom is 0.303 e.